The molecule has 0 radical (unpaired) electrons. The Kier molecular flexibility index (Phi) is 7.29. The van der Waals surface area contributed by atoms with Crippen LogP contribution in [-0.2, 0) is 34.1 Å². The highest BCUT2D eigenvalue weighted by atomic mass is 32.2. The van der Waals surface area contributed by atoms with Crippen LogP contribution >= 0.6 is 0 Å². The van der Waals surface area contributed by atoms with Crippen molar-refractivity contribution in [3.05, 3.63) is 54.1 Å². The molecule has 1 aliphatic heterocycles. The van der Waals surface area contributed by atoms with Crippen LogP contribution in [0.3, 0.4) is 0 Å². The van der Waals surface area contributed by atoms with Gasteiger partial charge in [-0.15, -0.1) is 0 Å². The number of anilines is 1. The molecule has 1 amide bonds. The standard InChI is InChI=1S/C20H22N2O8S2/c1-31(25,26)17-6-2-15(3-7-17)20(24)30-14-19(23)21-16-4-8-18(9-5-16)32(27,28)22-10-12-29-13-11-22/h2-9H,10-14H2,1H3,(H,21,23). The third-order valence-corrected chi connectivity index (χ3v) is 7.64. The number of ether oxygens (including phenoxy) is 2. The predicted octanol–water partition coefficient (Wildman–Crippen LogP) is 0.907. The van der Waals surface area contributed by atoms with Crippen molar-refractivity contribution in [1.29, 1.82) is 0 Å². The molecule has 1 aliphatic rings. The van der Waals surface area contributed by atoms with E-state index in [1.807, 2.05) is 0 Å². The zero-order valence-electron chi connectivity index (χ0n) is 17.2. The topological polar surface area (TPSA) is 136 Å². The smallest absolute Gasteiger partial charge is 0.338 e. The summed E-state index contributed by atoms with van der Waals surface area (Å²) < 4.78 is 59.5. The molecule has 0 spiro atoms. The van der Waals surface area contributed by atoms with Crippen molar-refractivity contribution in [3.63, 3.8) is 0 Å². The third kappa shape index (κ3) is 5.91. The molecule has 10 nitrogen and oxygen atoms in total. The van der Waals surface area contributed by atoms with Crippen molar-refractivity contribution in [2.24, 2.45) is 0 Å². The SMILES string of the molecule is CS(=O)(=O)c1ccc(C(=O)OCC(=O)Nc2ccc(S(=O)(=O)N3CCOCC3)cc2)cc1. The molecule has 0 aromatic heterocycles. The molecule has 2 aromatic carbocycles. The Hall–Kier alpha value is -2.80. The van der Waals surface area contributed by atoms with Crippen molar-refractivity contribution < 1.29 is 35.9 Å². The number of carbonyl (C=O) groups excluding carboxylic acids is 2. The molecule has 32 heavy (non-hydrogen) atoms. The molecule has 0 bridgehead atoms. The predicted molar refractivity (Wildman–Crippen MR) is 114 cm³/mol. The first-order valence-corrected chi connectivity index (χ1v) is 12.9. The van der Waals surface area contributed by atoms with Gasteiger partial charge in [0.05, 0.1) is 28.6 Å². The summed E-state index contributed by atoms with van der Waals surface area (Å²) >= 11 is 0. The number of benzene rings is 2. The van der Waals surface area contributed by atoms with E-state index in [4.69, 9.17) is 9.47 Å². The second-order valence-corrected chi connectivity index (χ2v) is 10.9. The molecule has 1 heterocycles. The Morgan fingerprint density at radius 3 is 2.06 bits per heavy atom. The molecule has 0 aliphatic carbocycles. The molecule has 0 unspecified atom stereocenters. The van der Waals surface area contributed by atoms with E-state index in [0.29, 0.717) is 18.9 Å². The minimum absolute atomic E-state index is 0.0610. The maximum absolute atomic E-state index is 12.6. The first-order chi connectivity index (χ1) is 15.1. The number of sulfonamides is 1. The maximum Gasteiger partial charge on any atom is 0.338 e. The fourth-order valence-corrected chi connectivity index (χ4v) is 4.93. The van der Waals surface area contributed by atoms with Crippen LogP contribution in [0.2, 0.25) is 0 Å². The second-order valence-electron chi connectivity index (χ2n) is 6.96. The van der Waals surface area contributed by atoms with Gasteiger partial charge >= 0.3 is 5.97 Å². The lowest BCUT2D eigenvalue weighted by atomic mass is 10.2. The Labute approximate surface area is 186 Å². The summed E-state index contributed by atoms with van der Waals surface area (Å²) in [5.41, 5.74) is 0.437. The zero-order chi connectivity index (χ0) is 23.4. The molecule has 1 fully saturated rings. The van der Waals surface area contributed by atoms with E-state index >= 15 is 0 Å². The minimum Gasteiger partial charge on any atom is -0.452 e. The van der Waals surface area contributed by atoms with Gasteiger partial charge in [-0.05, 0) is 48.5 Å². The number of hydrogen-bond acceptors (Lipinski definition) is 8. The molecule has 172 valence electrons. The Morgan fingerprint density at radius 2 is 1.50 bits per heavy atom. The van der Waals surface area contributed by atoms with Crippen LogP contribution in [0.25, 0.3) is 0 Å². The summed E-state index contributed by atoms with van der Waals surface area (Å²) in [5.74, 6) is -1.40. The Bertz CT molecular complexity index is 1190. The summed E-state index contributed by atoms with van der Waals surface area (Å²) in [4.78, 5) is 24.3. The van der Waals surface area contributed by atoms with E-state index in [2.05, 4.69) is 5.32 Å². The number of nitrogens with one attached hydrogen (secondary N) is 1. The number of nitrogens with zero attached hydrogens (tertiary/aromatic N) is 1. The van der Waals surface area contributed by atoms with Gasteiger partial charge in [0.1, 0.15) is 0 Å². The van der Waals surface area contributed by atoms with E-state index in [9.17, 15) is 26.4 Å². The quantitative estimate of drug-likeness (QED) is 0.575. The number of sulfone groups is 1. The van der Waals surface area contributed by atoms with Crippen LogP contribution in [0.1, 0.15) is 10.4 Å². The van der Waals surface area contributed by atoms with E-state index in [-0.39, 0.29) is 28.4 Å². The average molecular weight is 483 g/mol. The monoisotopic (exact) mass is 482 g/mol. The summed E-state index contributed by atoms with van der Waals surface area (Å²) in [6.45, 7) is 0.675. The molecular formula is C20H22N2O8S2. The van der Waals surface area contributed by atoms with E-state index < -0.39 is 38.3 Å². The van der Waals surface area contributed by atoms with E-state index in [1.165, 1.54) is 52.8 Å². The average Bonchev–Trinajstić information content (AvgIpc) is 2.78. The molecule has 0 saturated carbocycles. The molecule has 3 rings (SSSR count). The van der Waals surface area contributed by atoms with Crippen LogP contribution in [0, 0.1) is 0 Å². The highest BCUT2D eigenvalue weighted by Gasteiger charge is 2.26. The first-order valence-electron chi connectivity index (χ1n) is 9.52. The van der Waals surface area contributed by atoms with Crippen LogP contribution in [0.15, 0.2) is 58.3 Å². The normalized spacial score (nSPS) is 15.2. The largest absolute Gasteiger partial charge is 0.452 e. The van der Waals surface area contributed by atoms with Crippen molar-refractivity contribution in [1.82, 2.24) is 4.31 Å². The van der Waals surface area contributed by atoms with Gasteiger partial charge in [-0.2, -0.15) is 4.31 Å². The molecule has 1 saturated heterocycles. The minimum atomic E-state index is -3.64. The van der Waals surface area contributed by atoms with Gasteiger partial charge in [-0.3, -0.25) is 4.79 Å². The van der Waals surface area contributed by atoms with Crippen LogP contribution in [-0.4, -0.2) is 72.2 Å². The van der Waals surface area contributed by atoms with Crippen molar-refractivity contribution in [3.8, 4) is 0 Å². The van der Waals surface area contributed by atoms with Crippen LogP contribution < -0.4 is 5.32 Å². The Morgan fingerprint density at radius 1 is 0.938 bits per heavy atom. The highest BCUT2D eigenvalue weighted by Crippen LogP contribution is 2.19. The number of morpholine rings is 1. The van der Waals surface area contributed by atoms with Crippen molar-refractivity contribution in [2.45, 2.75) is 9.79 Å². The lowest BCUT2D eigenvalue weighted by Gasteiger charge is -2.26. The molecule has 12 heteroatoms. The van der Waals surface area contributed by atoms with Gasteiger partial charge in [-0.1, -0.05) is 0 Å². The van der Waals surface area contributed by atoms with Crippen LogP contribution in [0.4, 0.5) is 5.69 Å². The van der Waals surface area contributed by atoms with Gasteiger partial charge in [0.2, 0.25) is 10.0 Å². The van der Waals surface area contributed by atoms with Crippen LogP contribution in [0.5, 0.6) is 0 Å². The summed E-state index contributed by atoms with van der Waals surface area (Å²) in [5, 5.41) is 2.51. The summed E-state index contributed by atoms with van der Waals surface area (Å²) in [6, 6.07) is 10.8. The lowest BCUT2D eigenvalue weighted by Crippen LogP contribution is -2.40. The molecule has 1 N–H and O–H groups in total. The number of carbonyl (C=O) groups is 2. The van der Waals surface area contributed by atoms with Gasteiger partial charge in [0.25, 0.3) is 5.91 Å². The number of hydrogen-bond donors (Lipinski definition) is 1. The van der Waals surface area contributed by atoms with Crippen molar-refractivity contribution >= 4 is 37.4 Å². The third-order valence-electron chi connectivity index (χ3n) is 4.60. The molecular weight excluding hydrogens is 460 g/mol. The number of rotatable bonds is 7. The summed E-state index contributed by atoms with van der Waals surface area (Å²) in [7, 11) is -7.02. The number of amides is 1. The fourth-order valence-electron chi connectivity index (χ4n) is 2.90. The zero-order valence-corrected chi connectivity index (χ0v) is 18.8. The lowest BCUT2D eigenvalue weighted by molar-refractivity contribution is -0.119. The molecule has 2 aromatic rings. The van der Waals surface area contributed by atoms with Gasteiger partial charge in [-0.25, -0.2) is 21.6 Å². The second kappa shape index (κ2) is 9.77. The summed E-state index contributed by atoms with van der Waals surface area (Å²) in [6.07, 6.45) is 1.05. The molecule has 0 atom stereocenters. The van der Waals surface area contributed by atoms with E-state index in [1.54, 1.807) is 0 Å². The van der Waals surface area contributed by atoms with Gasteiger partial charge in [0.15, 0.2) is 16.4 Å². The van der Waals surface area contributed by atoms with Gasteiger partial charge < -0.3 is 14.8 Å². The van der Waals surface area contributed by atoms with Crippen molar-refractivity contribution in [2.75, 3.05) is 44.5 Å². The highest BCUT2D eigenvalue weighted by molar-refractivity contribution is 7.90. The Balaban J connectivity index is 1.54. The fraction of sp³-hybridized carbons (Fsp3) is 0.300. The van der Waals surface area contributed by atoms with E-state index in [0.717, 1.165) is 6.26 Å². The maximum atomic E-state index is 12.6. The number of esters is 1. The van der Waals surface area contributed by atoms with Gasteiger partial charge in [0, 0.05) is 25.0 Å². The first kappa shape index (κ1) is 23.9.